The van der Waals surface area contributed by atoms with Crippen molar-refractivity contribution >= 4 is 23.3 Å². The van der Waals surface area contributed by atoms with E-state index in [1.165, 1.54) is 0 Å². The molecule has 1 unspecified atom stereocenters. The van der Waals surface area contributed by atoms with Crippen LogP contribution in [-0.2, 0) is 4.79 Å². The minimum Gasteiger partial charge on any atom is -0.496 e. The van der Waals surface area contributed by atoms with Crippen LogP contribution < -0.4 is 20.7 Å². The van der Waals surface area contributed by atoms with E-state index in [-0.39, 0.29) is 18.0 Å². The monoisotopic (exact) mass is 438 g/mol. The van der Waals surface area contributed by atoms with E-state index in [0.717, 1.165) is 37.2 Å². The molecule has 0 saturated carbocycles. The van der Waals surface area contributed by atoms with Crippen LogP contribution in [0.1, 0.15) is 44.7 Å². The second-order valence-electron chi connectivity index (χ2n) is 8.56. The van der Waals surface area contributed by atoms with Crippen LogP contribution in [0, 0.1) is 5.92 Å². The van der Waals surface area contributed by atoms with E-state index in [9.17, 15) is 9.59 Å². The van der Waals surface area contributed by atoms with Gasteiger partial charge in [0.1, 0.15) is 5.75 Å². The van der Waals surface area contributed by atoms with Crippen molar-refractivity contribution in [3.63, 3.8) is 0 Å². The first-order valence-electron chi connectivity index (χ1n) is 11.3. The number of rotatable bonds is 9. The lowest BCUT2D eigenvalue weighted by molar-refractivity contribution is -0.116. The van der Waals surface area contributed by atoms with E-state index in [0.29, 0.717) is 30.3 Å². The van der Waals surface area contributed by atoms with Gasteiger partial charge in [-0.3, -0.25) is 9.69 Å². The fourth-order valence-electron chi connectivity index (χ4n) is 4.02. The summed E-state index contributed by atoms with van der Waals surface area (Å²) in [7, 11) is 1.68. The van der Waals surface area contributed by atoms with Crippen LogP contribution in [0.25, 0.3) is 0 Å². The zero-order valence-electron chi connectivity index (χ0n) is 19.2. The Morgan fingerprint density at radius 2 is 1.59 bits per heavy atom. The highest BCUT2D eigenvalue weighted by Gasteiger charge is 2.26. The lowest BCUT2D eigenvalue weighted by Crippen LogP contribution is -2.38. The second-order valence-corrected chi connectivity index (χ2v) is 8.56. The van der Waals surface area contributed by atoms with Gasteiger partial charge in [0.25, 0.3) is 0 Å². The lowest BCUT2D eigenvalue weighted by atomic mass is 10.0. The first kappa shape index (κ1) is 23.6. The van der Waals surface area contributed by atoms with Crippen molar-refractivity contribution in [2.24, 2.45) is 5.92 Å². The number of hydrogen-bond acceptors (Lipinski definition) is 4. The summed E-state index contributed by atoms with van der Waals surface area (Å²) in [5, 5.41) is 8.75. The van der Waals surface area contributed by atoms with Gasteiger partial charge in [-0.25, -0.2) is 4.79 Å². The summed E-state index contributed by atoms with van der Waals surface area (Å²) in [6.07, 6.45) is 2.81. The number of benzene rings is 2. The molecule has 2 aromatic carbocycles. The number of nitrogens with one attached hydrogen (secondary N) is 3. The number of likely N-dealkylation sites (tertiary alicyclic amines) is 1. The van der Waals surface area contributed by atoms with E-state index < -0.39 is 0 Å². The van der Waals surface area contributed by atoms with Crippen molar-refractivity contribution in [2.75, 3.05) is 37.4 Å². The summed E-state index contributed by atoms with van der Waals surface area (Å²) in [4.78, 5) is 26.9. The van der Waals surface area contributed by atoms with Gasteiger partial charge in [-0.05, 0) is 62.2 Å². The van der Waals surface area contributed by atoms with E-state index >= 15 is 0 Å². The number of ether oxygens (including phenoxy) is 1. The largest absolute Gasteiger partial charge is 0.496 e. The smallest absolute Gasteiger partial charge is 0.319 e. The standard InChI is InChI=1S/C25H34N4O3/c1-18(2)16-24(30)27-19-10-12-20(13-11-19)28-25(31)26-17-22(29-14-6-7-15-29)21-8-4-5-9-23(21)32-3/h4-5,8-13,18,22H,6-7,14-17H2,1-3H3,(H,27,30)(H2,26,28,31). The zero-order chi connectivity index (χ0) is 22.9. The number of para-hydroxylation sites is 1. The molecular weight excluding hydrogens is 404 g/mol. The van der Waals surface area contributed by atoms with Crippen molar-refractivity contribution in [1.82, 2.24) is 10.2 Å². The predicted molar refractivity (Wildman–Crippen MR) is 128 cm³/mol. The van der Waals surface area contributed by atoms with Gasteiger partial charge in [0.2, 0.25) is 5.91 Å². The number of carbonyl (C=O) groups is 2. The van der Waals surface area contributed by atoms with Crippen LogP contribution >= 0.6 is 0 Å². The Morgan fingerprint density at radius 3 is 2.22 bits per heavy atom. The Hall–Kier alpha value is -3.06. The summed E-state index contributed by atoms with van der Waals surface area (Å²) in [5.74, 6) is 1.13. The van der Waals surface area contributed by atoms with Gasteiger partial charge in [0.05, 0.1) is 13.2 Å². The Bertz CT molecular complexity index is 892. The van der Waals surface area contributed by atoms with Crippen molar-refractivity contribution in [3.05, 3.63) is 54.1 Å². The number of hydrogen-bond donors (Lipinski definition) is 3. The van der Waals surface area contributed by atoms with Gasteiger partial charge in [0, 0.05) is 29.9 Å². The quantitative estimate of drug-likeness (QED) is 0.533. The summed E-state index contributed by atoms with van der Waals surface area (Å²) in [6.45, 7) is 6.52. The minimum absolute atomic E-state index is 0.0113. The average molecular weight is 439 g/mol. The molecule has 0 aromatic heterocycles. The highest BCUT2D eigenvalue weighted by atomic mass is 16.5. The summed E-state index contributed by atoms with van der Waals surface area (Å²) < 4.78 is 5.56. The van der Waals surface area contributed by atoms with E-state index in [4.69, 9.17) is 4.74 Å². The maximum atomic E-state index is 12.6. The average Bonchev–Trinajstić information content (AvgIpc) is 3.29. The SMILES string of the molecule is COc1ccccc1C(CNC(=O)Nc1ccc(NC(=O)CC(C)C)cc1)N1CCCC1. The first-order valence-corrected chi connectivity index (χ1v) is 11.3. The van der Waals surface area contributed by atoms with Crippen molar-refractivity contribution in [2.45, 2.75) is 39.2 Å². The fraction of sp³-hybridized carbons (Fsp3) is 0.440. The van der Waals surface area contributed by atoms with Gasteiger partial charge >= 0.3 is 6.03 Å². The Kier molecular flexibility index (Phi) is 8.50. The van der Waals surface area contributed by atoms with Crippen LogP contribution in [-0.4, -0.2) is 43.6 Å². The van der Waals surface area contributed by atoms with E-state index in [2.05, 4.69) is 26.9 Å². The third-order valence-corrected chi connectivity index (χ3v) is 5.56. The summed E-state index contributed by atoms with van der Waals surface area (Å²) in [5.41, 5.74) is 2.46. The molecular formula is C25H34N4O3. The molecule has 172 valence electrons. The molecule has 3 rings (SSSR count). The van der Waals surface area contributed by atoms with Crippen LogP contribution in [0.3, 0.4) is 0 Å². The summed E-state index contributed by atoms with van der Waals surface area (Å²) in [6, 6.07) is 14.9. The number of carbonyl (C=O) groups excluding carboxylic acids is 2. The molecule has 0 radical (unpaired) electrons. The van der Waals surface area contributed by atoms with Crippen LogP contribution in [0.2, 0.25) is 0 Å². The van der Waals surface area contributed by atoms with Gasteiger partial charge in [-0.2, -0.15) is 0 Å². The molecule has 32 heavy (non-hydrogen) atoms. The van der Waals surface area contributed by atoms with Crippen LogP contribution in [0.15, 0.2) is 48.5 Å². The Balaban J connectivity index is 1.57. The number of methoxy groups -OCH3 is 1. The van der Waals surface area contributed by atoms with Gasteiger partial charge in [0.15, 0.2) is 0 Å². The predicted octanol–water partition coefficient (Wildman–Crippen LogP) is 4.64. The molecule has 0 bridgehead atoms. The van der Waals surface area contributed by atoms with Crippen molar-refractivity contribution in [3.8, 4) is 5.75 Å². The van der Waals surface area contributed by atoms with Gasteiger partial charge in [-0.1, -0.05) is 32.0 Å². The molecule has 2 aromatic rings. The topological polar surface area (TPSA) is 82.7 Å². The molecule has 0 spiro atoms. The zero-order valence-corrected chi connectivity index (χ0v) is 19.2. The molecule has 1 aliphatic heterocycles. The fourth-order valence-corrected chi connectivity index (χ4v) is 4.02. The Morgan fingerprint density at radius 1 is 0.969 bits per heavy atom. The Labute approximate surface area is 190 Å². The number of anilines is 2. The number of urea groups is 1. The first-order chi connectivity index (χ1) is 15.5. The van der Waals surface area contributed by atoms with Crippen LogP contribution in [0.4, 0.5) is 16.2 Å². The number of nitrogens with zero attached hydrogens (tertiary/aromatic N) is 1. The maximum Gasteiger partial charge on any atom is 0.319 e. The molecule has 7 heteroatoms. The van der Waals surface area contributed by atoms with E-state index in [1.54, 1.807) is 31.4 Å². The molecule has 1 heterocycles. The molecule has 0 aliphatic carbocycles. The second kappa shape index (κ2) is 11.5. The maximum absolute atomic E-state index is 12.6. The molecule has 3 N–H and O–H groups in total. The highest BCUT2D eigenvalue weighted by molar-refractivity contribution is 5.92. The summed E-state index contributed by atoms with van der Waals surface area (Å²) >= 11 is 0. The van der Waals surface area contributed by atoms with Crippen molar-refractivity contribution < 1.29 is 14.3 Å². The minimum atomic E-state index is -0.263. The van der Waals surface area contributed by atoms with Crippen LogP contribution in [0.5, 0.6) is 5.75 Å². The lowest BCUT2D eigenvalue weighted by Gasteiger charge is -2.29. The van der Waals surface area contributed by atoms with Gasteiger partial charge < -0.3 is 20.7 Å². The van der Waals surface area contributed by atoms with Gasteiger partial charge in [-0.15, -0.1) is 0 Å². The molecule has 7 nitrogen and oxygen atoms in total. The normalized spacial score (nSPS) is 14.8. The molecule has 1 fully saturated rings. The third-order valence-electron chi connectivity index (χ3n) is 5.56. The third kappa shape index (κ3) is 6.72. The molecule has 1 atom stereocenters. The highest BCUT2D eigenvalue weighted by Crippen LogP contribution is 2.31. The molecule has 1 aliphatic rings. The molecule has 3 amide bonds. The number of amides is 3. The van der Waals surface area contributed by atoms with E-state index in [1.807, 2.05) is 32.0 Å². The van der Waals surface area contributed by atoms with Crippen molar-refractivity contribution in [1.29, 1.82) is 0 Å². The molecule has 1 saturated heterocycles.